The lowest BCUT2D eigenvalue weighted by molar-refractivity contribution is -0.274. The molecule has 1 aromatic heterocycles. The summed E-state index contributed by atoms with van der Waals surface area (Å²) in [5.41, 5.74) is 2.12. The Kier molecular flexibility index (Phi) is 5.16. The molecule has 0 aliphatic rings. The molecule has 0 fully saturated rings. The number of carboxylic acid groups (broad SMARTS) is 1. The van der Waals surface area contributed by atoms with Gasteiger partial charge in [0.2, 0.25) is 0 Å². The molecule has 0 amide bonds. The first-order valence-electron chi connectivity index (χ1n) is 8.54. The van der Waals surface area contributed by atoms with Gasteiger partial charge >= 0.3 is 12.3 Å². The average Bonchev–Trinajstić information content (AvgIpc) is 2.83. The number of aliphatic carboxylic acids is 1. The number of hydrogen-bond donors (Lipinski definition) is 1. The zero-order chi connectivity index (χ0) is 21.5. The van der Waals surface area contributed by atoms with Crippen LogP contribution in [0.5, 0.6) is 11.5 Å². The number of ether oxygens (including phenoxy) is 2. The Labute approximate surface area is 163 Å². The Morgan fingerprint density at radius 2 is 1.79 bits per heavy atom. The summed E-state index contributed by atoms with van der Waals surface area (Å²) in [4.78, 5) is 11.0. The third-order valence-corrected chi connectivity index (χ3v) is 4.50. The molecule has 3 rings (SSSR count). The number of hydrogen-bond acceptors (Lipinski definition) is 3. The molecular weight excluding hydrogens is 394 g/mol. The van der Waals surface area contributed by atoms with Gasteiger partial charge in [0.05, 0.1) is 11.2 Å². The maximum Gasteiger partial charge on any atom is 0.573 e. The van der Waals surface area contributed by atoms with Gasteiger partial charge in [0.15, 0.2) is 6.10 Å². The number of benzene rings is 2. The lowest BCUT2D eigenvalue weighted by Gasteiger charge is -2.15. The number of carboxylic acids is 1. The van der Waals surface area contributed by atoms with Crippen molar-refractivity contribution in [3.05, 3.63) is 53.5 Å². The predicted molar refractivity (Wildman–Crippen MR) is 97.1 cm³/mol. The topological polar surface area (TPSA) is 60.7 Å². The molecule has 1 atom stereocenters. The van der Waals surface area contributed by atoms with Crippen molar-refractivity contribution in [2.75, 3.05) is 0 Å². The Bertz CT molecular complexity index is 1090. The van der Waals surface area contributed by atoms with Crippen LogP contribution in [-0.2, 0) is 4.79 Å². The van der Waals surface area contributed by atoms with Crippen LogP contribution in [0.4, 0.5) is 17.6 Å². The fourth-order valence-electron chi connectivity index (χ4n) is 3.09. The van der Waals surface area contributed by atoms with Crippen molar-refractivity contribution < 1.29 is 36.9 Å². The first kappa shape index (κ1) is 20.5. The molecule has 1 N–H and O–H groups in total. The van der Waals surface area contributed by atoms with E-state index in [-0.39, 0.29) is 11.4 Å². The molecule has 2 aromatic carbocycles. The second kappa shape index (κ2) is 7.31. The van der Waals surface area contributed by atoms with Gasteiger partial charge in [-0.3, -0.25) is 0 Å². The quantitative estimate of drug-likeness (QED) is 0.591. The average molecular weight is 411 g/mol. The molecule has 29 heavy (non-hydrogen) atoms. The third kappa shape index (κ3) is 4.28. The Morgan fingerprint density at radius 1 is 1.10 bits per heavy atom. The van der Waals surface area contributed by atoms with Crippen LogP contribution in [0.2, 0.25) is 0 Å². The second-order valence-electron chi connectivity index (χ2n) is 6.52. The van der Waals surface area contributed by atoms with Crippen molar-refractivity contribution >= 4 is 16.9 Å². The molecule has 0 aliphatic heterocycles. The molecule has 0 saturated carbocycles. The van der Waals surface area contributed by atoms with E-state index in [9.17, 15) is 22.4 Å². The Hall–Kier alpha value is -3.23. The Balaban J connectivity index is 2.16. The van der Waals surface area contributed by atoms with Gasteiger partial charge in [0.25, 0.3) is 0 Å². The van der Waals surface area contributed by atoms with Crippen LogP contribution < -0.4 is 9.47 Å². The monoisotopic (exact) mass is 411 g/mol. The molecule has 5 nitrogen and oxygen atoms in total. The molecule has 0 spiro atoms. The van der Waals surface area contributed by atoms with Crippen molar-refractivity contribution in [1.29, 1.82) is 0 Å². The SMILES string of the molecule is Cc1c(C)n(-c2cc(F)cc(O[C@@H](C)C(=O)O)c2)c2cc(OC(F)(F)F)ccc12. The van der Waals surface area contributed by atoms with Crippen LogP contribution in [0, 0.1) is 19.7 Å². The second-order valence-corrected chi connectivity index (χ2v) is 6.52. The number of fused-ring (bicyclic) bond motifs is 1. The summed E-state index contributed by atoms with van der Waals surface area (Å²) < 4.78 is 62.8. The maximum absolute atomic E-state index is 14.2. The zero-order valence-electron chi connectivity index (χ0n) is 15.7. The molecule has 0 unspecified atom stereocenters. The van der Waals surface area contributed by atoms with Crippen LogP contribution in [0.25, 0.3) is 16.6 Å². The summed E-state index contributed by atoms with van der Waals surface area (Å²) in [6.07, 6.45) is -6.05. The molecular formula is C20H17F4NO4. The van der Waals surface area contributed by atoms with Crippen LogP contribution in [0.15, 0.2) is 36.4 Å². The van der Waals surface area contributed by atoms with Gasteiger partial charge < -0.3 is 19.1 Å². The minimum Gasteiger partial charge on any atom is -0.479 e. The van der Waals surface area contributed by atoms with Gasteiger partial charge in [-0.05, 0) is 44.5 Å². The largest absolute Gasteiger partial charge is 0.573 e. The van der Waals surface area contributed by atoms with E-state index < -0.39 is 30.0 Å². The normalized spacial score (nSPS) is 12.8. The van der Waals surface area contributed by atoms with Crippen LogP contribution >= 0.6 is 0 Å². The van der Waals surface area contributed by atoms with Crippen LogP contribution in [0.1, 0.15) is 18.2 Å². The molecule has 9 heteroatoms. The minimum atomic E-state index is -4.85. The molecule has 0 radical (unpaired) electrons. The highest BCUT2D eigenvalue weighted by atomic mass is 19.4. The lowest BCUT2D eigenvalue weighted by Crippen LogP contribution is -2.23. The molecule has 0 aliphatic carbocycles. The van der Waals surface area contributed by atoms with Gasteiger partial charge in [-0.15, -0.1) is 13.2 Å². The van der Waals surface area contributed by atoms with Crippen LogP contribution in [-0.4, -0.2) is 28.1 Å². The fourth-order valence-corrected chi connectivity index (χ4v) is 3.09. The smallest absolute Gasteiger partial charge is 0.479 e. The van der Waals surface area contributed by atoms with Crippen molar-refractivity contribution in [3.63, 3.8) is 0 Å². The summed E-state index contributed by atoms with van der Waals surface area (Å²) in [6.45, 7) is 4.83. The molecule has 1 heterocycles. The summed E-state index contributed by atoms with van der Waals surface area (Å²) in [7, 11) is 0. The number of aromatic nitrogens is 1. The highest BCUT2D eigenvalue weighted by Crippen LogP contribution is 2.34. The summed E-state index contributed by atoms with van der Waals surface area (Å²) in [5.74, 6) is -2.33. The fraction of sp³-hybridized carbons (Fsp3) is 0.250. The number of nitrogens with zero attached hydrogens (tertiary/aromatic N) is 1. The van der Waals surface area contributed by atoms with E-state index in [4.69, 9.17) is 9.84 Å². The van der Waals surface area contributed by atoms with Crippen molar-refractivity contribution in [2.24, 2.45) is 0 Å². The summed E-state index contributed by atoms with van der Waals surface area (Å²) in [5, 5.41) is 9.65. The van der Waals surface area contributed by atoms with E-state index >= 15 is 0 Å². The van der Waals surface area contributed by atoms with E-state index in [0.29, 0.717) is 16.6 Å². The molecule has 154 valence electrons. The third-order valence-electron chi connectivity index (χ3n) is 4.50. The van der Waals surface area contributed by atoms with Gasteiger partial charge in [-0.2, -0.15) is 0 Å². The van der Waals surface area contributed by atoms with Gasteiger partial charge in [0.1, 0.15) is 17.3 Å². The number of aryl methyl sites for hydroxylation is 1. The van der Waals surface area contributed by atoms with Gasteiger partial charge in [-0.25, -0.2) is 9.18 Å². The minimum absolute atomic E-state index is 0.0171. The van der Waals surface area contributed by atoms with Crippen LogP contribution in [0.3, 0.4) is 0 Å². The molecule has 0 bridgehead atoms. The summed E-state index contributed by atoms with van der Waals surface area (Å²) >= 11 is 0. The highest BCUT2D eigenvalue weighted by molar-refractivity contribution is 5.88. The highest BCUT2D eigenvalue weighted by Gasteiger charge is 2.31. The van der Waals surface area contributed by atoms with E-state index in [2.05, 4.69) is 4.74 Å². The van der Waals surface area contributed by atoms with E-state index in [1.807, 2.05) is 0 Å². The van der Waals surface area contributed by atoms with Gasteiger partial charge in [0, 0.05) is 29.3 Å². The first-order valence-corrected chi connectivity index (χ1v) is 8.54. The predicted octanol–water partition coefficient (Wildman–Crippen LogP) is 5.14. The molecule has 3 aromatic rings. The van der Waals surface area contributed by atoms with E-state index in [1.165, 1.54) is 37.3 Å². The van der Waals surface area contributed by atoms with Crippen molar-refractivity contribution in [2.45, 2.75) is 33.2 Å². The van der Waals surface area contributed by atoms with Crippen molar-refractivity contribution in [1.82, 2.24) is 4.57 Å². The number of carbonyl (C=O) groups is 1. The first-order chi connectivity index (χ1) is 13.5. The zero-order valence-corrected chi connectivity index (χ0v) is 15.7. The van der Waals surface area contributed by atoms with Gasteiger partial charge in [-0.1, -0.05) is 0 Å². The molecule has 0 saturated heterocycles. The summed E-state index contributed by atoms with van der Waals surface area (Å²) in [6, 6.07) is 7.57. The Morgan fingerprint density at radius 3 is 2.41 bits per heavy atom. The lowest BCUT2D eigenvalue weighted by atomic mass is 10.1. The standard InChI is InChI=1S/C20H17F4NO4/c1-10-11(2)25(18-9-15(4-5-17(10)18)29-20(22,23)24)14-6-13(21)7-16(8-14)28-12(3)19(26)27/h4-9,12H,1-3H3,(H,26,27)/t12-/m0/s1. The van der Waals surface area contributed by atoms with E-state index in [0.717, 1.165) is 11.6 Å². The number of halogens is 4. The van der Waals surface area contributed by atoms with Crippen molar-refractivity contribution in [3.8, 4) is 17.2 Å². The number of rotatable bonds is 5. The number of alkyl halides is 3. The maximum atomic E-state index is 14.2. The van der Waals surface area contributed by atoms with E-state index in [1.54, 1.807) is 18.4 Å².